The second kappa shape index (κ2) is 7.44. The van der Waals surface area contributed by atoms with Crippen molar-refractivity contribution < 1.29 is 17.7 Å². The van der Waals surface area contributed by atoms with Crippen molar-refractivity contribution in [3.05, 3.63) is 11.5 Å². The van der Waals surface area contributed by atoms with Crippen LogP contribution < -0.4 is 5.32 Å². The standard InChI is InChI=1S/C15H25N3O4S/c1-4-5-6-14(19)16-13-7-9-18(10-8-13)23(20,21)15-11(2)17-22-12(15)3/h13H,4-10H2,1-3H3,(H,16,19). The molecule has 1 amide bonds. The smallest absolute Gasteiger partial charge is 0.248 e. The van der Waals surface area contributed by atoms with Crippen molar-refractivity contribution in [3.8, 4) is 0 Å². The predicted octanol–water partition coefficient (Wildman–Crippen LogP) is 1.75. The molecule has 0 aliphatic carbocycles. The molecule has 0 atom stereocenters. The number of piperidine rings is 1. The Morgan fingerprint density at radius 3 is 2.52 bits per heavy atom. The second-order valence-electron chi connectivity index (χ2n) is 6.00. The van der Waals surface area contributed by atoms with Gasteiger partial charge in [-0.3, -0.25) is 4.79 Å². The lowest BCUT2D eigenvalue weighted by Crippen LogP contribution is -2.46. The van der Waals surface area contributed by atoms with Gasteiger partial charge in [-0.2, -0.15) is 4.31 Å². The Balaban J connectivity index is 1.95. The molecule has 7 nitrogen and oxygen atoms in total. The molecule has 0 saturated carbocycles. The average Bonchev–Trinajstić information content (AvgIpc) is 2.85. The molecular formula is C15H25N3O4S. The molecule has 0 aromatic carbocycles. The van der Waals surface area contributed by atoms with E-state index in [0.717, 1.165) is 12.8 Å². The monoisotopic (exact) mass is 343 g/mol. The Hall–Kier alpha value is -1.41. The SMILES string of the molecule is CCCCC(=O)NC1CCN(S(=O)(=O)c2c(C)noc2C)CC1. The van der Waals surface area contributed by atoms with E-state index in [2.05, 4.69) is 10.5 Å². The van der Waals surface area contributed by atoms with Crippen LogP contribution in [0.15, 0.2) is 9.42 Å². The van der Waals surface area contributed by atoms with Crippen molar-refractivity contribution in [1.29, 1.82) is 0 Å². The normalized spacial score (nSPS) is 17.3. The first-order chi connectivity index (χ1) is 10.9. The van der Waals surface area contributed by atoms with Gasteiger partial charge in [-0.15, -0.1) is 0 Å². The van der Waals surface area contributed by atoms with Gasteiger partial charge in [-0.1, -0.05) is 18.5 Å². The summed E-state index contributed by atoms with van der Waals surface area (Å²) in [5.74, 6) is 0.372. The minimum absolute atomic E-state index is 0.0514. The quantitative estimate of drug-likeness (QED) is 0.849. The van der Waals surface area contributed by atoms with Gasteiger partial charge in [0.2, 0.25) is 15.9 Å². The van der Waals surface area contributed by atoms with E-state index in [4.69, 9.17) is 4.52 Å². The number of nitrogens with zero attached hydrogens (tertiary/aromatic N) is 2. The maximum Gasteiger partial charge on any atom is 0.248 e. The number of aromatic nitrogens is 1. The first-order valence-corrected chi connectivity index (χ1v) is 9.52. The van der Waals surface area contributed by atoms with Gasteiger partial charge in [-0.05, 0) is 33.1 Å². The molecule has 1 fully saturated rings. The maximum atomic E-state index is 12.7. The molecule has 0 unspecified atom stereocenters. The van der Waals surface area contributed by atoms with E-state index >= 15 is 0 Å². The molecule has 1 saturated heterocycles. The summed E-state index contributed by atoms with van der Waals surface area (Å²) in [5.41, 5.74) is 0.387. The highest BCUT2D eigenvalue weighted by molar-refractivity contribution is 7.89. The zero-order valence-corrected chi connectivity index (χ0v) is 14.8. The van der Waals surface area contributed by atoms with Gasteiger partial charge in [0.25, 0.3) is 0 Å². The molecule has 130 valence electrons. The summed E-state index contributed by atoms with van der Waals surface area (Å²) in [6.45, 7) is 6.07. The Morgan fingerprint density at radius 1 is 1.35 bits per heavy atom. The fourth-order valence-corrected chi connectivity index (χ4v) is 4.61. The van der Waals surface area contributed by atoms with E-state index in [0.29, 0.717) is 43.8 Å². The van der Waals surface area contributed by atoms with E-state index in [-0.39, 0.29) is 16.8 Å². The molecule has 1 aromatic rings. The maximum absolute atomic E-state index is 12.7. The number of hydrogen-bond donors (Lipinski definition) is 1. The van der Waals surface area contributed by atoms with Gasteiger partial charge in [-0.25, -0.2) is 8.42 Å². The highest BCUT2D eigenvalue weighted by Gasteiger charge is 2.33. The lowest BCUT2D eigenvalue weighted by molar-refractivity contribution is -0.122. The lowest BCUT2D eigenvalue weighted by atomic mass is 10.1. The van der Waals surface area contributed by atoms with Crippen LogP contribution in [0.1, 0.15) is 50.5 Å². The molecular weight excluding hydrogens is 318 g/mol. The Kier molecular flexibility index (Phi) is 5.80. The van der Waals surface area contributed by atoms with Crippen LogP contribution in [-0.2, 0) is 14.8 Å². The molecule has 0 radical (unpaired) electrons. The van der Waals surface area contributed by atoms with E-state index in [9.17, 15) is 13.2 Å². The van der Waals surface area contributed by atoms with Gasteiger partial charge >= 0.3 is 0 Å². The lowest BCUT2D eigenvalue weighted by Gasteiger charge is -2.31. The summed E-state index contributed by atoms with van der Waals surface area (Å²) in [6.07, 6.45) is 3.65. The van der Waals surface area contributed by atoms with Crippen molar-refractivity contribution in [2.75, 3.05) is 13.1 Å². The third-order valence-corrected chi connectivity index (χ3v) is 6.29. The molecule has 1 aliphatic heterocycles. The molecule has 23 heavy (non-hydrogen) atoms. The Morgan fingerprint density at radius 2 is 2.00 bits per heavy atom. The van der Waals surface area contributed by atoms with Crippen LogP contribution in [0.3, 0.4) is 0 Å². The highest BCUT2D eigenvalue weighted by Crippen LogP contribution is 2.25. The topological polar surface area (TPSA) is 92.5 Å². The van der Waals surface area contributed by atoms with Crippen LogP contribution >= 0.6 is 0 Å². The number of hydrogen-bond acceptors (Lipinski definition) is 5. The van der Waals surface area contributed by atoms with Gasteiger partial charge in [0.1, 0.15) is 10.6 Å². The number of sulfonamides is 1. The van der Waals surface area contributed by atoms with Crippen molar-refractivity contribution in [3.63, 3.8) is 0 Å². The molecule has 8 heteroatoms. The van der Waals surface area contributed by atoms with E-state index in [1.54, 1.807) is 13.8 Å². The van der Waals surface area contributed by atoms with E-state index in [1.165, 1.54) is 4.31 Å². The summed E-state index contributed by atoms with van der Waals surface area (Å²) >= 11 is 0. The number of rotatable bonds is 6. The average molecular weight is 343 g/mol. The van der Waals surface area contributed by atoms with E-state index in [1.807, 2.05) is 6.92 Å². The van der Waals surface area contributed by atoms with E-state index < -0.39 is 10.0 Å². The molecule has 1 N–H and O–H groups in total. The minimum Gasteiger partial charge on any atom is -0.360 e. The molecule has 0 spiro atoms. The van der Waals surface area contributed by atoms with Crippen LogP contribution in [0.4, 0.5) is 0 Å². The van der Waals surface area contributed by atoms with Gasteiger partial charge < -0.3 is 9.84 Å². The number of carbonyl (C=O) groups excluding carboxylic acids is 1. The third-order valence-electron chi connectivity index (χ3n) is 4.14. The molecule has 0 bridgehead atoms. The minimum atomic E-state index is -3.58. The van der Waals surface area contributed by atoms with Crippen LogP contribution in [0, 0.1) is 13.8 Å². The highest BCUT2D eigenvalue weighted by atomic mass is 32.2. The molecule has 1 aromatic heterocycles. The van der Waals surface area contributed by atoms with Crippen LogP contribution in [0.5, 0.6) is 0 Å². The Labute approximate surface area is 137 Å². The van der Waals surface area contributed by atoms with Gasteiger partial charge in [0.05, 0.1) is 0 Å². The fraction of sp³-hybridized carbons (Fsp3) is 0.733. The molecule has 2 rings (SSSR count). The first kappa shape index (κ1) is 17.9. The number of nitrogens with one attached hydrogen (secondary N) is 1. The van der Waals surface area contributed by atoms with Crippen molar-refractivity contribution in [1.82, 2.24) is 14.8 Å². The van der Waals surface area contributed by atoms with Gasteiger partial charge in [0, 0.05) is 25.6 Å². The van der Waals surface area contributed by atoms with Crippen LogP contribution in [0.2, 0.25) is 0 Å². The summed E-state index contributed by atoms with van der Waals surface area (Å²) in [5, 5.41) is 6.71. The van der Waals surface area contributed by atoms with Crippen molar-refractivity contribution in [2.45, 2.75) is 63.8 Å². The largest absolute Gasteiger partial charge is 0.360 e. The number of carbonyl (C=O) groups is 1. The number of unbranched alkanes of at least 4 members (excludes halogenated alkanes) is 1. The number of aryl methyl sites for hydroxylation is 2. The van der Waals surface area contributed by atoms with Crippen molar-refractivity contribution >= 4 is 15.9 Å². The predicted molar refractivity (Wildman–Crippen MR) is 85.4 cm³/mol. The number of amides is 1. The van der Waals surface area contributed by atoms with Crippen LogP contribution in [-0.4, -0.2) is 42.9 Å². The summed E-state index contributed by atoms with van der Waals surface area (Å²) < 4.78 is 31.8. The fourth-order valence-electron chi connectivity index (χ4n) is 2.85. The third kappa shape index (κ3) is 4.11. The van der Waals surface area contributed by atoms with Crippen molar-refractivity contribution in [2.24, 2.45) is 0 Å². The summed E-state index contributed by atoms with van der Waals surface area (Å²) in [7, 11) is -3.58. The van der Waals surface area contributed by atoms with Gasteiger partial charge in [0.15, 0.2) is 5.76 Å². The Bertz CT molecular complexity index is 626. The van der Waals surface area contributed by atoms with Crippen LogP contribution in [0.25, 0.3) is 0 Å². The second-order valence-corrected chi connectivity index (χ2v) is 7.88. The zero-order valence-electron chi connectivity index (χ0n) is 14.0. The first-order valence-electron chi connectivity index (χ1n) is 8.08. The summed E-state index contributed by atoms with van der Waals surface area (Å²) in [4.78, 5) is 11.9. The zero-order chi connectivity index (χ0) is 17.0. The molecule has 1 aliphatic rings. The summed E-state index contributed by atoms with van der Waals surface area (Å²) in [6, 6.07) is 0.0514. The molecule has 2 heterocycles.